The van der Waals surface area contributed by atoms with Crippen LogP contribution in [0.4, 0.5) is 0 Å². The number of nitrogens with zero attached hydrogens (tertiary/aromatic N) is 1. The molecular formula is C13H22N2O4. The molecular weight excluding hydrogens is 248 g/mol. The number of carbonyl (C=O) groups is 3. The zero-order chi connectivity index (χ0) is 14.6. The van der Waals surface area contributed by atoms with Crippen LogP contribution in [0, 0.1) is 5.92 Å². The topological polar surface area (TPSA) is 86.7 Å². The number of nitrogens with one attached hydrogen (secondary N) is 1. The summed E-state index contributed by atoms with van der Waals surface area (Å²) in [5, 5.41) is 11.8. The number of aliphatic carboxylic acids is 1. The van der Waals surface area contributed by atoms with Gasteiger partial charge in [0, 0.05) is 25.6 Å². The van der Waals surface area contributed by atoms with Gasteiger partial charge in [-0.2, -0.15) is 0 Å². The van der Waals surface area contributed by atoms with Gasteiger partial charge in [-0.25, -0.2) is 0 Å². The Kier molecular flexibility index (Phi) is 4.91. The minimum absolute atomic E-state index is 0.0445. The third kappa shape index (κ3) is 3.68. The molecule has 1 unspecified atom stereocenters. The van der Waals surface area contributed by atoms with Crippen LogP contribution in [0.15, 0.2) is 0 Å². The lowest BCUT2D eigenvalue weighted by Crippen LogP contribution is -2.51. The average molecular weight is 270 g/mol. The molecule has 1 heterocycles. The Hall–Kier alpha value is -1.59. The van der Waals surface area contributed by atoms with Gasteiger partial charge in [-0.05, 0) is 12.8 Å². The van der Waals surface area contributed by atoms with Crippen molar-refractivity contribution in [3.63, 3.8) is 0 Å². The number of carboxylic acids is 1. The Balaban J connectivity index is 2.72. The first-order valence-corrected chi connectivity index (χ1v) is 6.61. The molecule has 0 aromatic carbocycles. The molecule has 108 valence electrons. The molecule has 0 aromatic heterocycles. The largest absolute Gasteiger partial charge is 0.481 e. The molecule has 2 N–H and O–H groups in total. The van der Waals surface area contributed by atoms with Crippen molar-refractivity contribution >= 4 is 17.8 Å². The summed E-state index contributed by atoms with van der Waals surface area (Å²) >= 11 is 0. The normalized spacial score (nSPS) is 19.6. The lowest BCUT2D eigenvalue weighted by Gasteiger charge is -2.32. The molecule has 6 heteroatoms. The van der Waals surface area contributed by atoms with Crippen molar-refractivity contribution in [2.45, 2.75) is 45.1 Å². The first-order valence-electron chi connectivity index (χ1n) is 6.61. The summed E-state index contributed by atoms with van der Waals surface area (Å²) in [6, 6.07) is 0. The Morgan fingerprint density at radius 2 is 2.00 bits per heavy atom. The second-order valence-corrected chi connectivity index (χ2v) is 5.22. The van der Waals surface area contributed by atoms with Crippen molar-refractivity contribution in [2.24, 2.45) is 5.92 Å². The van der Waals surface area contributed by atoms with Crippen LogP contribution in [-0.4, -0.2) is 46.9 Å². The number of rotatable bonds is 6. The van der Waals surface area contributed by atoms with E-state index in [1.165, 1.54) is 4.90 Å². The minimum Gasteiger partial charge on any atom is -0.481 e. The predicted octanol–water partition coefficient (Wildman–Crippen LogP) is 0.614. The molecule has 1 rings (SSSR count). The fraction of sp³-hybridized carbons (Fsp3) is 0.769. The summed E-state index contributed by atoms with van der Waals surface area (Å²) in [6.45, 7) is 4.12. The SMILES string of the molecule is CCC(CC)(CC(=O)O)NC(=O)C1CC(=O)N(C)C1. The zero-order valence-electron chi connectivity index (χ0n) is 11.7. The van der Waals surface area contributed by atoms with Crippen molar-refractivity contribution in [2.75, 3.05) is 13.6 Å². The number of carbonyl (C=O) groups excluding carboxylic acids is 2. The molecule has 1 atom stereocenters. The van der Waals surface area contributed by atoms with Crippen LogP contribution < -0.4 is 5.32 Å². The maximum atomic E-state index is 12.2. The van der Waals surface area contributed by atoms with E-state index in [0.29, 0.717) is 19.4 Å². The molecule has 1 fully saturated rings. The van der Waals surface area contributed by atoms with Gasteiger partial charge in [0.1, 0.15) is 0 Å². The smallest absolute Gasteiger partial charge is 0.305 e. The predicted molar refractivity (Wildman–Crippen MR) is 69.5 cm³/mol. The third-order valence-corrected chi connectivity index (χ3v) is 3.94. The highest BCUT2D eigenvalue weighted by Crippen LogP contribution is 2.23. The maximum Gasteiger partial charge on any atom is 0.305 e. The van der Waals surface area contributed by atoms with E-state index in [4.69, 9.17) is 5.11 Å². The quantitative estimate of drug-likeness (QED) is 0.740. The number of carboxylic acid groups (broad SMARTS) is 1. The van der Waals surface area contributed by atoms with Gasteiger partial charge in [-0.15, -0.1) is 0 Å². The number of likely N-dealkylation sites (tertiary alicyclic amines) is 1. The summed E-state index contributed by atoms with van der Waals surface area (Å²) in [4.78, 5) is 36.0. The Morgan fingerprint density at radius 1 is 1.42 bits per heavy atom. The van der Waals surface area contributed by atoms with Crippen molar-refractivity contribution in [3.8, 4) is 0 Å². The van der Waals surface area contributed by atoms with Gasteiger partial charge in [-0.1, -0.05) is 13.8 Å². The van der Waals surface area contributed by atoms with Crippen LogP contribution in [0.5, 0.6) is 0 Å². The van der Waals surface area contributed by atoms with E-state index in [-0.39, 0.29) is 30.6 Å². The van der Waals surface area contributed by atoms with Crippen molar-refractivity contribution < 1.29 is 19.5 Å². The van der Waals surface area contributed by atoms with Crippen LogP contribution in [0.1, 0.15) is 39.5 Å². The van der Waals surface area contributed by atoms with Gasteiger partial charge in [0.2, 0.25) is 11.8 Å². The first kappa shape index (κ1) is 15.5. The van der Waals surface area contributed by atoms with E-state index >= 15 is 0 Å². The summed E-state index contributed by atoms with van der Waals surface area (Å²) in [5.74, 6) is -1.56. The second-order valence-electron chi connectivity index (χ2n) is 5.22. The molecule has 1 saturated heterocycles. The number of hydrogen-bond donors (Lipinski definition) is 2. The molecule has 1 aliphatic heterocycles. The molecule has 1 aliphatic rings. The van der Waals surface area contributed by atoms with E-state index < -0.39 is 11.5 Å². The standard InChI is InChI=1S/C13H22N2O4/c1-4-13(5-2,7-11(17)18)14-12(19)9-6-10(16)15(3)8-9/h9H,4-8H2,1-3H3,(H,14,19)(H,17,18). The highest BCUT2D eigenvalue weighted by molar-refractivity contribution is 5.89. The van der Waals surface area contributed by atoms with Crippen LogP contribution in [-0.2, 0) is 14.4 Å². The van der Waals surface area contributed by atoms with Gasteiger partial charge in [-0.3, -0.25) is 14.4 Å². The number of amides is 2. The fourth-order valence-electron chi connectivity index (χ4n) is 2.41. The van der Waals surface area contributed by atoms with Gasteiger partial charge in [0.25, 0.3) is 0 Å². The van der Waals surface area contributed by atoms with Crippen LogP contribution in [0.3, 0.4) is 0 Å². The lowest BCUT2D eigenvalue weighted by atomic mass is 9.88. The molecule has 0 bridgehead atoms. The van der Waals surface area contributed by atoms with Crippen LogP contribution >= 0.6 is 0 Å². The highest BCUT2D eigenvalue weighted by atomic mass is 16.4. The monoisotopic (exact) mass is 270 g/mol. The summed E-state index contributed by atoms with van der Waals surface area (Å²) in [6.07, 6.45) is 1.22. The van der Waals surface area contributed by atoms with Gasteiger partial charge < -0.3 is 15.3 Å². The van der Waals surface area contributed by atoms with Crippen LogP contribution in [0.25, 0.3) is 0 Å². The highest BCUT2D eigenvalue weighted by Gasteiger charge is 2.37. The van der Waals surface area contributed by atoms with E-state index in [1.807, 2.05) is 13.8 Å². The van der Waals surface area contributed by atoms with Crippen molar-refractivity contribution in [3.05, 3.63) is 0 Å². The molecule has 19 heavy (non-hydrogen) atoms. The van der Waals surface area contributed by atoms with E-state index in [1.54, 1.807) is 7.05 Å². The molecule has 0 saturated carbocycles. The van der Waals surface area contributed by atoms with Crippen molar-refractivity contribution in [1.82, 2.24) is 10.2 Å². The molecule has 6 nitrogen and oxygen atoms in total. The molecule has 0 aromatic rings. The molecule has 0 radical (unpaired) electrons. The lowest BCUT2D eigenvalue weighted by molar-refractivity contribution is -0.139. The molecule has 0 aliphatic carbocycles. The van der Waals surface area contributed by atoms with Crippen molar-refractivity contribution in [1.29, 1.82) is 0 Å². The molecule has 2 amide bonds. The minimum atomic E-state index is -0.927. The fourth-order valence-corrected chi connectivity index (χ4v) is 2.41. The van der Waals surface area contributed by atoms with Gasteiger partial charge in [0.15, 0.2) is 0 Å². The summed E-state index contributed by atoms with van der Waals surface area (Å²) in [7, 11) is 1.67. The van der Waals surface area contributed by atoms with Gasteiger partial charge in [0.05, 0.1) is 12.3 Å². The third-order valence-electron chi connectivity index (χ3n) is 3.94. The number of hydrogen-bond acceptors (Lipinski definition) is 3. The Morgan fingerprint density at radius 3 is 2.37 bits per heavy atom. The second kappa shape index (κ2) is 6.04. The zero-order valence-corrected chi connectivity index (χ0v) is 11.7. The van der Waals surface area contributed by atoms with Gasteiger partial charge >= 0.3 is 5.97 Å². The Bertz CT molecular complexity index is 377. The first-order chi connectivity index (χ1) is 8.83. The van der Waals surface area contributed by atoms with E-state index in [9.17, 15) is 14.4 Å². The molecule has 0 spiro atoms. The van der Waals surface area contributed by atoms with Crippen LogP contribution in [0.2, 0.25) is 0 Å². The van der Waals surface area contributed by atoms with E-state index in [0.717, 1.165) is 0 Å². The maximum absolute atomic E-state index is 12.2. The summed E-state index contributed by atoms with van der Waals surface area (Å²) < 4.78 is 0. The Labute approximate surface area is 113 Å². The average Bonchev–Trinajstić information content (AvgIpc) is 2.68. The van der Waals surface area contributed by atoms with E-state index in [2.05, 4.69) is 5.32 Å². The summed E-state index contributed by atoms with van der Waals surface area (Å²) in [5.41, 5.74) is -0.715.